The maximum atomic E-state index is 14.9. The van der Waals surface area contributed by atoms with E-state index in [1.807, 2.05) is 38.1 Å². The number of hydrogen-bond acceptors (Lipinski definition) is 9. The molecule has 0 fully saturated rings. The number of ether oxygens (including phenoxy) is 1. The molecule has 0 N–H and O–H groups in total. The Balaban J connectivity index is 1.46. The van der Waals surface area contributed by atoms with E-state index in [9.17, 15) is 14.5 Å². The van der Waals surface area contributed by atoms with Gasteiger partial charge in [0.05, 0.1) is 22.5 Å². The quantitative estimate of drug-likeness (QED) is 0.122. The molecule has 0 spiro atoms. The fraction of sp³-hybridized carbons (Fsp3) is 0.154. The minimum atomic E-state index is -0.477. The third kappa shape index (κ3) is 5.11. The molecule has 5 rings (SSSR count). The van der Waals surface area contributed by atoms with Crippen LogP contribution in [0.2, 0.25) is 0 Å². The lowest BCUT2D eigenvalue weighted by Crippen LogP contribution is -2.03. The summed E-state index contributed by atoms with van der Waals surface area (Å²) in [6, 6.07) is 19.6. The number of nitrogens with zero attached hydrogens (tertiary/aromatic N) is 6. The van der Waals surface area contributed by atoms with E-state index in [1.54, 1.807) is 34.9 Å². The predicted octanol–water partition coefficient (Wildman–Crippen LogP) is 6.28. The Morgan fingerprint density at radius 1 is 1.00 bits per heavy atom. The summed E-state index contributed by atoms with van der Waals surface area (Å²) >= 11 is 1.28. The second-order valence-corrected chi connectivity index (χ2v) is 9.37. The summed E-state index contributed by atoms with van der Waals surface area (Å²) in [5.74, 6) is 1.30. The zero-order valence-electron chi connectivity index (χ0n) is 20.3. The lowest BCUT2D eigenvalue weighted by Gasteiger charge is -2.13. The van der Waals surface area contributed by atoms with E-state index < -0.39 is 10.7 Å². The lowest BCUT2D eigenvalue weighted by molar-refractivity contribution is -0.384. The fourth-order valence-electron chi connectivity index (χ4n) is 3.70. The van der Waals surface area contributed by atoms with Crippen molar-refractivity contribution in [3.8, 4) is 34.3 Å². The molecule has 0 aliphatic carbocycles. The molecule has 0 unspecified atom stereocenters. The molecule has 2 heterocycles. The van der Waals surface area contributed by atoms with Gasteiger partial charge in [-0.3, -0.25) is 14.7 Å². The number of rotatable bonds is 9. The molecule has 5 aromatic rings. The van der Waals surface area contributed by atoms with Crippen molar-refractivity contribution in [2.24, 2.45) is 0 Å². The zero-order chi connectivity index (χ0) is 26.6. The van der Waals surface area contributed by atoms with Gasteiger partial charge in [0.2, 0.25) is 11.8 Å². The minimum Gasteiger partial charge on any atom is -0.494 e. The average Bonchev–Trinajstić information content (AvgIpc) is 3.58. The van der Waals surface area contributed by atoms with Crippen molar-refractivity contribution in [3.05, 3.63) is 94.6 Å². The number of nitro benzene ring substituents is 1. The molecule has 192 valence electrons. The molecular weight excluding hydrogens is 511 g/mol. The molecule has 0 radical (unpaired) electrons. The van der Waals surface area contributed by atoms with Gasteiger partial charge in [0.1, 0.15) is 11.6 Å². The van der Waals surface area contributed by atoms with Crippen LogP contribution in [0.4, 0.5) is 10.1 Å². The second-order valence-electron chi connectivity index (χ2n) is 8.06. The van der Waals surface area contributed by atoms with Gasteiger partial charge in [0.25, 0.3) is 5.69 Å². The SMILES string of the molecule is CCOc1ccc(-c2nnc(S[C@H](C)c3nnc(-c4ccc([N+](=O)[O-])cc4)o3)n2-c2ccccc2F)cc1. The Morgan fingerprint density at radius 2 is 1.71 bits per heavy atom. The number of aromatic nitrogens is 5. The molecule has 12 heteroatoms. The summed E-state index contributed by atoms with van der Waals surface area (Å²) in [6.45, 7) is 4.31. The van der Waals surface area contributed by atoms with Gasteiger partial charge in [-0.25, -0.2) is 4.39 Å². The van der Waals surface area contributed by atoms with Crippen LogP contribution in [0.1, 0.15) is 25.0 Å². The highest BCUT2D eigenvalue weighted by Gasteiger charge is 2.24. The molecule has 0 bridgehead atoms. The largest absolute Gasteiger partial charge is 0.494 e. The predicted molar refractivity (Wildman–Crippen MR) is 139 cm³/mol. The van der Waals surface area contributed by atoms with Crippen LogP contribution < -0.4 is 4.74 Å². The highest BCUT2D eigenvalue weighted by atomic mass is 32.2. The number of hydrogen-bond donors (Lipinski definition) is 0. The normalized spacial score (nSPS) is 11.9. The Hall–Kier alpha value is -4.58. The number of non-ortho nitro benzene ring substituents is 1. The molecular formula is C26H21FN6O4S. The molecule has 3 aromatic carbocycles. The molecule has 10 nitrogen and oxygen atoms in total. The van der Waals surface area contributed by atoms with Crippen molar-refractivity contribution in [3.63, 3.8) is 0 Å². The van der Waals surface area contributed by atoms with E-state index in [0.29, 0.717) is 34.7 Å². The summed E-state index contributed by atoms with van der Waals surface area (Å²) in [4.78, 5) is 10.4. The first-order valence-corrected chi connectivity index (χ1v) is 12.5. The third-order valence-corrected chi connectivity index (χ3v) is 6.58. The molecule has 0 saturated carbocycles. The van der Waals surface area contributed by atoms with E-state index in [0.717, 1.165) is 11.3 Å². The molecule has 2 aromatic heterocycles. The molecule has 38 heavy (non-hydrogen) atoms. The smallest absolute Gasteiger partial charge is 0.269 e. The maximum Gasteiger partial charge on any atom is 0.269 e. The first-order chi connectivity index (χ1) is 18.4. The Bertz CT molecular complexity index is 1570. The number of benzene rings is 3. The fourth-order valence-corrected chi connectivity index (χ4v) is 4.59. The first-order valence-electron chi connectivity index (χ1n) is 11.6. The summed E-state index contributed by atoms with van der Waals surface area (Å²) in [6.07, 6.45) is 0. The average molecular weight is 533 g/mol. The van der Waals surface area contributed by atoms with Crippen LogP contribution >= 0.6 is 11.8 Å². The summed E-state index contributed by atoms with van der Waals surface area (Å²) in [5, 5.41) is 27.9. The van der Waals surface area contributed by atoms with Crippen molar-refractivity contribution in [2.75, 3.05) is 6.61 Å². The Morgan fingerprint density at radius 3 is 2.39 bits per heavy atom. The number of thioether (sulfide) groups is 1. The molecule has 0 saturated heterocycles. The van der Waals surface area contributed by atoms with E-state index in [1.165, 1.54) is 30.0 Å². The molecule has 0 amide bonds. The minimum absolute atomic E-state index is 0.0340. The molecule has 0 aliphatic rings. The Labute approximate surface area is 220 Å². The van der Waals surface area contributed by atoms with E-state index in [2.05, 4.69) is 20.4 Å². The van der Waals surface area contributed by atoms with E-state index in [-0.39, 0.29) is 16.8 Å². The van der Waals surface area contributed by atoms with Crippen LogP contribution in [0, 0.1) is 15.9 Å². The Kier molecular flexibility index (Phi) is 7.13. The standard InChI is InChI=1S/C26H21FN6O4S/c1-3-36-20-14-10-17(11-15-20)23-28-31-26(32(23)22-7-5-4-6-21(22)27)38-16(2)24-29-30-25(37-24)18-8-12-19(13-9-18)33(34)35/h4-16H,3H2,1-2H3/t16-/m1/s1. The molecule has 0 aliphatic heterocycles. The van der Waals surface area contributed by atoms with Gasteiger partial charge in [-0.1, -0.05) is 23.9 Å². The third-order valence-electron chi connectivity index (χ3n) is 5.55. The number of nitro groups is 1. The number of halogens is 1. The van der Waals surface area contributed by atoms with Crippen LogP contribution in [0.3, 0.4) is 0 Å². The van der Waals surface area contributed by atoms with Gasteiger partial charge in [0.15, 0.2) is 11.0 Å². The van der Waals surface area contributed by atoms with Crippen LogP contribution in [-0.2, 0) is 0 Å². The van der Waals surface area contributed by atoms with Crippen molar-refractivity contribution >= 4 is 17.4 Å². The van der Waals surface area contributed by atoms with Crippen molar-refractivity contribution in [1.82, 2.24) is 25.0 Å². The summed E-state index contributed by atoms with van der Waals surface area (Å²) < 4.78 is 28.0. The molecule has 1 atom stereocenters. The van der Waals surface area contributed by atoms with Gasteiger partial charge >= 0.3 is 0 Å². The van der Waals surface area contributed by atoms with Crippen molar-refractivity contribution in [1.29, 1.82) is 0 Å². The van der Waals surface area contributed by atoms with Crippen LogP contribution in [-0.4, -0.2) is 36.5 Å². The highest BCUT2D eigenvalue weighted by molar-refractivity contribution is 7.99. The van der Waals surface area contributed by atoms with Gasteiger partial charge in [-0.05, 0) is 62.4 Å². The maximum absolute atomic E-state index is 14.9. The van der Waals surface area contributed by atoms with Crippen molar-refractivity contribution < 1.29 is 18.5 Å². The van der Waals surface area contributed by atoms with Gasteiger partial charge in [-0.2, -0.15) is 0 Å². The van der Waals surface area contributed by atoms with Gasteiger partial charge in [-0.15, -0.1) is 20.4 Å². The topological polar surface area (TPSA) is 122 Å². The van der Waals surface area contributed by atoms with Crippen LogP contribution in [0.15, 0.2) is 82.4 Å². The van der Waals surface area contributed by atoms with E-state index >= 15 is 0 Å². The van der Waals surface area contributed by atoms with Crippen LogP contribution in [0.25, 0.3) is 28.5 Å². The van der Waals surface area contributed by atoms with Crippen molar-refractivity contribution in [2.45, 2.75) is 24.3 Å². The monoisotopic (exact) mass is 532 g/mol. The summed E-state index contributed by atoms with van der Waals surface area (Å²) in [5.41, 5.74) is 1.56. The highest BCUT2D eigenvalue weighted by Crippen LogP contribution is 2.38. The first kappa shape index (κ1) is 25.1. The lowest BCUT2D eigenvalue weighted by atomic mass is 10.2. The van der Waals surface area contributed by atoms with Gasteiger partial charge in [0, 0.05) is 23.3 Å². The zero-order valence-corrected chi connectivity index (χ0v) is 21.1. The van der Waals surface area contributed by atoms with E-state index in [4.69, 9.17) is 9.15 Å². The van der Waals surface area contributed by atoms with Gasteiger partial charge < -0.3 is 9.15 Å². The summed E-state index contributed by atoms with van der Waals surface area (Å²) in [7, 11) is 0. The van der Waals surface area contributed by atoms with Crippen LogP contribution in [0.5, 0.6) is 5.75 Å². The number of para-hydroxylation sites is 1. The second kappa shape index (κ2) is 10.8.